The average Bonchev–Trinajstić information content (AvgIpc) is 3.49. The van der Waals surface area contributed by atoms with Crippen LogP contribution in [0.2, 0.25) is 0 Å². The molecular weight excluding hydrogens is 495 g/mol. The average molecular weight is 514 g/mol. The van der Waals surface area contributed by atoms with Crippen molar-refractivity contribution in [1.82, 2.24) is 24.7 Å². The van der Waals surface area contributed by atoms with Crippen LogP contribution in [0, 0.1) is 17.1 Å². The quantitative estimate of drug-likeness (QED) is 0.422. The fraction of sp³-hybridized carbons (Fsp3) is 0.238. The molecule has 0 aliphatic carbocycles. The summed E-state index contributed by atoms with van der Waals surface area (Å²) in [5.41, 5.74) is -0.0678. The summed E-state index contributed by atoms with van der Waals surface area (Å²) in [6.45, 7) is 0. The van der Waals surface area contributed by atoms with Crippen molar-refractivity contribution in [2.24, 2.45) is 4.99 Å². The van der Waals surface area contributed by atoms with Crippen LogP contribution in [0.3, 0.4) is 0 Å². The van der Waals surface area contributed by atoms with Gasteiger partial charge in [0, 0.05) is 6.42 Å². The van der Waals surface area contributed by atoms with E-state index >= 15 is 0 Å². The smallest absolute Gasteiger partial charge is 0.279 e. The molecule has 0 spiro atoms. The van der Waals surface area contributed by atoms with Crippen LogP contribution in [0.15, 0.2) is 46.3 Å². The second-order valence-corrected chi connectivity index (χ2v) is 9.21. The predicted molar refractivity (Wildman–Crippen MR) is 125 cm³/mol. The maximum atomic E-state index is 13.4. The third-order valence-electron chi connectivity index (χ3n) is 5.14. The van der Waals surface area contributed by atoms with Gasteiger partial charge in [0.2, 0.25) is 27.7 Å². The topological polar surface area (TPSA) is 177 Å². The van der Waals surface area contributed by atoms with Crippen molar-refractivity contribution < 1.29 is 22.3 Å². The molecule has 3 heterocycles. The molecule has 0 bridgehead atoms. The Morgan fingerprint density at radius 1 is 1.28 bits per heavy atom. The van der Waals surface area contributed by atoms with Crippen molar-refractivity contribution in [1.29, 1.82) is 5.26 Å². The van der Waals surface area contributed by atoms with E-state index in [1.165, 1.54) is 20.3 Å². The van der Waals surface area contributed by atoms with Gasteiger partial charge in [-0.05, 0) is 30.2 Å². The Kier molecular flexibility index (Phi) is 6.79. The number of aliphatic imine (C=N–C) groups is 1. The van der Waals surface area contributed by atoms with Gasteiger partial charge in [-0.2, -0.15) is 5.26 Å². The fourth-order valence-electron chi connectivity index (χ4n) is 3.46. The highest BCUT2D eigenvalue weighted by molar-refractivity contribution is 7.92. The molecule has 1 aliphatic heterocycles. The zero-order valence-electron chi connectivity index (χ0n) is 19.0. The summed E-state index contributed by atoms with van der Waals surface area (Å²) < 4.78 is 53.1. The van der Waals surface area contributed by atoms with Gasteiger partial charge in [0.15, 0.2) is 11.5 Å². The first-order valence-electron chi connectivity index (χ1n) is 10.3. The SMILES string of the molecule is COC1=CCC(c2nnc(NS(=O)(=O)CCc3ccc(F)cc3C#N)n2-c2c(OC)nc[nH]c2=O)=N1. The summed E-state index contributed by atoms with van der Waals surface area (Å²) in [6.07, 6.45) is 3.02. The first-order chi connectivity index (χ1) is 17.3. The Bertz CT molecular complexity index is 1590. The molecule has 0 saturated carbocycles. The van der Waals surface area contributed by atoms with Crippen LogP contribution in [0.4, 0.5) is 10.3 Å². The normalized spacial score (nSPS) is 13.1. The highest BCUT2D eigenvalue weighted by Gasteiger charge is 2.28. The minimum atomic E-state index is -4.08. The number of nitriles is 1. The minimum Gasteiger partial charge on any atom is -0.481 e. The molecular formula is C21H19FN8O5S. The summed E-state index contributed by atoms with van der Waals surface area (Å²) >= 11 is 0. The Balaban J connectivity index is 1.72. The van der Waals surface area contributed by atoms with Crippen LogP contribution in [0.1, 0.15) is 23.4 Å². The molecule has 4 rings (SSSR count). The number of hydrogen-bond acceptors (Lipinski definition) is 10. The van der Waals surface area contributed by atoms with Crippen molar-refractivity contribution in [3.8, 4) is 17.6 Å². The molecule has 0 fully saturated rings. The number of anilines is 1. The predicted octanol–water partition coefficient (Wildman–Crippen LogP) is 1.03. The van der Waals surface area contributed by atoms with Gasteiger partial charge >= 0.3 is 0 Å². The Hall–Kier alpha value is -4.58. The minimum absolute atomic E-state index is 0.0305. The van der Waals surface area contributed by atoms with Crippen LogP contribution >= 0.6 is 0 Å². The lowest BCUT2D eigenvalue weighted by Crippen LogP contribution is -2.25. The van der Waals surface area contributed by atoms with Gasteiger partial charge in [-0.25, -0.2) is 27.4 Å². The molecule has 1 aromatic carbocycles. The van der Waals surface area contributed by atoms with Crippen LogP contribution in [-0.4, -0.2) is 58.8 Å². The third-order valence-corrected chi connectivity index (χ3v) is 6.37. The number of ether oxygens (including phenoxy) is 2. The Labute approximate surface area is 204 Å². The van der Waals surface area contributed by atoms with Gasteiger partial charge in [-0.1, -0.05) is 6.07 Å². The molecule has 1 aliphatic rings. The summed E-state index contributed by atoms with van der Waals surface area (Å²) in [4.78, 5) is 23.4. The third kappa shape index (κ3) is 4.93. The van der Waals surface area contributed by atoms with Gasteiger partial charge in [0.25, 0.3) is 5.56 Å². The molecule has 15 heteroatoms. The van der Waals surface area contributed by atoms with E-state index in [1.54, 1.807) is 6.08 Å². The highest BCUT2D eigenvalue weighted by Crippen LogP contribution is 2.25. The summed E-state index contributed by atoms with van der Waals surface area (Å²) in [5, 5.41) is 17.2. The number of halogens is 1. The molecule has 0 atom stereocenters. The molecule has 0 amide bonds. The van der Waals surface area contributed by atoms with E-state index < -0.39 is 27.2 Å². The summed E-state index contributed by atoms with van der Waals surface area (Å²) in [5.74, 6) is -1.10. The van der Waals surface area contributed by atoms with Crippen molar-refractivity contribution >= 4 is 21.7 Å². The largest absolute Gasteiger partial charge is 0.481 e. The number of hydrogen-bond donors (Lipinski definition) is 2. The van der Waals surface area contributed by atoms with E-state index in [0.717, 1.165) is 23.0 Å². The van der Waals surface area contributed by atoms with Gasteiger partial charge in [-0.3, -0.25) is 9.52 Å². The van der Waals surface area contributed by atoms with E-state index in [9.17, 15) is 22.9 Å². The molecule has 186 valence electrons. The monoisotopic (exact) mass is 514 g/mol. The Morgan fingerprint density at radius 3 is 2.78 bits per heavy atom. The summed E-state index contributed by atoms with van der Waals surface area (Å²) in [6, 6.07) is 5.37. The molecule has 0 unspecified atom stereocenters. The number of benzene rings is 1. The van der Waals surface area contributed by atoms with Gasteiger partial charge < -0.3 is 14.5 Å². The number of sulfonamides is 1. The lowest BCUT2D eigenvalue weighted by Gasteiger charge is -2.13. The lowest BCUT2D eigenvalue weighted by molar-refractivity contribution is 0.289. The number of aryl methyl sites for hydroxylation is 1. The number of H-pyrrole nitrogens is 1. The number of allylic oxidation sites excluding steroid dienone is 1. The summed E-state index contributed by atoms with van der Waals surface area (Å²) in [7, 11) is -1.35. The number of methoxy groups -OCH3 is 2. The van der Waals surface area contributed by atoms with E-state index in [0.29, 0.717) is 17.2 Å². The zero-order valence-corrected chi connectivity index (χ0v) is 19.8. The first kappa shape index (κ1) is 24.5. The van der Waals surface area contributed by atoms with Crippen LogP contribution in [0.5, 0.6) is 5.88 Å². The molecule has 36 heavy (non-hydrogen) atoms. The fourth-order valence-corrected chi connectivity index (χ4v) is 4.46. The molecule has 2 aromatic heterocycles. The second kappa shape index (κ2) is 9.96. The maximum absolute atomic E-state index is 13.4. The van der Waals surface area contributed by atoms with Crippen molar-refractivity contribution in [2.75, 3.05) is 24.7 Å². The van der Waals surface area contributed by atoms with Crippen molar-refractivity contribution in [3.63, 3.8) is 0 Å². The molecule has 3 aromatic rings. The molecule has 0 radical (unpaired) electrons. The van der Waals surface area contributed by atoms with Crippen LogP contribution in [-0.2, 0) is 21.2 Å². The van der Waals surface area contributed by atoms with Gasteiger partial charge in [0.05, 0.1) is 43.6 Å². The number of nitrogens with zero attached hydrogens (tertiary/aromatic N) is 6. The van der Waals surface area contributed by atoms with Gasteiger partial charge in [-0.15, -0.1) is 10.2 Å². The highest BCUT2D eigenvalue weighted by atomic mass is 32.2. The van der Waals surface area contributed by atoms with Crippen molar-refractivity contribution in [3.05, 3.63) is 69.6 Å². The number of aromatic nitrogens is 5. The van der Waals surface area contributed by atoms with Crippen LogP contribution in [0.25, 0.3) is 5.69 Å². The number of nitrogens with one attached hydrogen (secondary N) is 2. The van der Waals surface area contributed by atoms with E-state index in [2.05, 4.69) is 29.9 Å². The van der Waals surface area contributed by atoms with Crippen molar-refractivity contribution in [2.45, 2.75) is 12.8 Å². The number of aromatic amines is 1. The van der Waals surface area contributed by atoms with E-state index in [-0.39, 0.29) is 41.7 Å². The molecule has 0 saturated heterocycles. The van der Waals surface area contributed by atoms with Gasteiger partial charge in [0.1, 0.15) is 5.82 Å². The Morgan fingerprint density at radius 2 is 2.08 bits per heavy atom. The van der Waals surface area contributed by atoms with Crippen LogP contribution < -0.4 is 15.0 Å². The lowest BCUT2D eigenvalue weighted by atomic mass is 10.1. The maximum Gasteiger partial charge on any atom is 0.279 e. The molecule has 13 nitrogen and oxygen atoms in total. The van der Waals surface area contributed by atoms with E-state index in [4.69, 9.17) is 9.47 Å². The number of rotatable bonds is 9. The first-order valence-corrected chi connectivity index (χ1v) is 12.0. The second-order valence-electron chi connectivity index (χ2n) is 7.37. The standard InChI is InChI=1S/C21H19FN8O5S/c1-34-16-6-5-15(26-16)18-27-28-21(30(18)17-19(31)24-11-25-20(17)35-2)29-36(32,33)8-7-12-3-4-14(22)9-13(12)10-23/h3-4,6,9,11H,5,7-8H2,1-2H3,(H,28,29)(H,24,25,31). The van der Waals surface area contributed by atoms with E-state index in [1.807, 2.05) is 6.07 Å². The zero-order chi connectivity index (χ0) is 25.9. The molecule has 2 N–H and O–H groups in total.